The first-order chi connectivity index (χ1) is 13.9. The van der Waals surface area contributed by atoms with Crippen LogP contribution in [0, 0.1) is 11.3 Å². The second kappa shape index (κ2) is 9.18. The summed E-state index contributed by atoms with van der Waals surface area (Å²) >= 11 is 0. The molecule has 1 aliphatic heterocycles. The number of hydrogen-bond donors (Lipinski definition) is 1. The molecule has 0 aliphatic carbocycles. The largest absolute Gasteiger partial charge is 0.326 e. The Labute approximate surface area is 171 Å². The molecule has 7 nitrogen and oxygen atoms in total. The van der Waals surface area contributed by atoms with Gasteiger partial charge >= 0.3 is 0 Å². The zero-order valence-corrected chi connectivity index (χ0v) is 17.2. The number of hydrogen-bond acceptors (Lipinski definition) is 5. The molecule has 2 aromatic rings. The van der Waals surface area contributed by atoms with E-state index in [1.807, 2.05) is 12.1 Å². The number of carbonyl (C=O) groups is 1. The molecule has 1 fully saturated rings. The minimum Gasteiger partial charge on any atom is -0.326 e. The van der Waals surface area contributed by atoms with Gasteiger partial charge in [-0.05, 0) is 54.9 Å². The molecule has 0 unspecified atom stereocenters. The summed E-state index contributed by atoms with van der Waals surface area (Å²) < 4.78 is 27.5. The van der Waals surface area contributed by atoms with Crippen LogP contribution in [0.2, 0.25) is 0 Å². The third-order valence-electron chi connectivity index (χ3n) is 4.85. The van der Waals surface area contributed by atoms with Gasteiger partial charge in [-0.3, -0.25) is 9.69 Å². The van der Waals surface area contributed by atoms with E-state index in [9.17, 15) is 13.2 Å². The number of nitriles is 1. The summed E-state index contributed by atoms with van der Waals surface area (Å²) in [4.78, 5) is 13.6. The highest BCUT2D eigenvalue weighted by Gasteiger charge is 2.26. The van der Waals surface area contributed by atoms with Crippen LogP contribution in [0.15, 0.2) is 53.4 Å². The number of anilines is 1. The Kier molecular flexibility index (Phi) is 6.64. The fourth-order valence-corrected chi connectivity index (χ4v) is 4.82. The van der Waals surface area contributed by atoms with E-state index in [0.29, 0.717) is 30.9 Å². The van der Waals surface area contributed by atoms with E-state index in [2.05, 4.69) is 16.3 Å². The molecule has 0 aromatic heterocycles. The fraction of sp³-hybridized carbons (Fsp3) is 0.333. The van der Waals surface area contributed by atoms with Crippen LogP contribution < -0.4 is 5.32 Å². The molecule has 29 heavy (non-hydrogen) atoms. The number of benzene rings is 2. The van der Waals surface area contributed by atoms with Gasteiger partial charge in [-0.1, -0.05) is 12.1 Å². The van der Waals surface area contributed by atoms with Crippen molar-refractivity contribution < 1.29 is 13.2 Å². The Morgan fingerprint density at radius 3 is 2.34 bits per heavy atom. The predicted molar refractivity (Wildman–Crippen MR) is 111 cm³/mol. The van der Waals surface area contributed by atoms with Crippen molar-refractivity contribution in [3.63, 3.8) is 0 Å². The average molecular weight is 413 g/mol. The second-order valence-electron chi connectivity index (χ2n) is 7.05. The molecule has 8 heteroatoms. The minimum absolute atomic E-state index is 0.199. The van der Waals surface area contributed by atoms with Crippen LogP contribution in [-0.2, 0) is 21.4 Å². The van der Waals surface area contributed by atoms with Gasteiger partial charge in [-0.15, -0.1) is 0 Å². The van der Waals surface area contributed by atoms with Crippen molar-refractivity contribution in [2.45, 2.75) is 24.8 Å². The topological polar surface area (TPSA) is 93.5 Å². The molecule has 1 saturated heterocycles. The number of amides is 1. The summed E-state index contributed by atoms with van der Waals surface area (Å²) in [5, 5.41) is 11.5. The zero-order valence-electron chi connectivity index (χ0n) is 16.3. The van der Waals surface area contributed by atoms with E-state index < -0.39 is 10.0 Å². The predicted octanol–water partition coefficient (Wildman–Crippen LogP) is 2.41. The lowest BCUT2D eigenvalue weighted by molar-refractivity contribution is -0.114. The van der Waals surface area contributed by atoms with Gasteiger partial charge in [0.05, 0.1) is 16.5 Å². The Morgan fingerprint density at radius 2 is 1.72 bits per heavy atom. The molecule has 1 N–H and O–H groups in total. The molecule has 0 atom stereocenters. The van der Waals surface area contributed by atoms with E-state index in [1.165, 1.54) is 23.4 Å². The highest BCUT2D eigenvalue weighted by molar-refractivity contribution is 7.89. The lowest BCUT2D eigenvalue weighted by Gasteiger charge is -2.22. The molecule has 1 heterocycles. The molecule has 3 rings (SSSR count). The van der Waals surface area contributed by atoms with Gasteiger partial charge < -0.3 is 5.32 Å². The molecular formula is C21H24N4O3S. The van der Waals surface area contributed by atoms with Gasteiger partial charge in [0.15, 0.2) is 0 Å². The molecule has 0 bridgehead atoms. The molecule has 1 aliphatic rings. The van der Waals surface area contributed by atoms with Crippen LogP contribution in [0.1, 0.15) is 24.5 Å². The lowest BCUT2D eigenvalue weighted by Crippen LogP contribution is -2.35. The van der Waals surface area contributed by atoms with Gasteiger partial charge in [0, 0.05) is 38.8 Å². The van der Waals surface area contributed by atoms with Crippen molar-refractivity contribution >= 4 is 21.6 Å². The van der Waals surface area contributed by atoms with E-state index in [0.717, 1.165) is 25.1 Å². The maximum Gasteiger partial charge on any atom is 0.243 e. The van der Waals surface area contributed by atoms with Crippen molar-refractivity contribution in [2.75, 3.05) is 31.5 Å². The first-order valence-electron chi connectivity index (χ1n) is 9.48. The Morgan fingerprint density at radius 1 is 1.03 bits per heavy atom. The molecule has 1 amide bonds. The third kappa shape index (κ3) is 5.41. The highest BCUT2D eigenvalue weighted by atomic mass is 32.2. The van der Waals surface area contributed by atoms with Crippen molar-refractivity contribution in [2.24, 2.45) is 0 Å². The monoisotopic (exact) mass is 412 g/mol. The zero-order chi connectivity index (χ0) is 20.9. The third-order valence-corrected chi connectivity index (χ3v) is 6.76. The van der Waals surface area contributed by atoms with Crippen LogP contribution in [0.3, 0.4) is 0 Å². The average Bonchev–Trinajstić information content (AvgIpc) is 2.95. The van der Waals surface area contributed by atoms with Crippen LogP contribution in [-0.4, -0.2) is 49.7 Å². The van der Waals surface area contributed by atoms with Gasteiger partial charge in [0.1, 0.15) is 0 Å². The quantitative estimate of drug-likeness (QED) is 0.814. The van der Waals surface area contributed by atoms with E-state index >= 15 is 0 Å². The Hall–Kier alpha value is -2.73. The molecule has 0 saturated carbocycles. The number of carbonyl (C=O) groups excluding carboxylic acids is 1. The van der Waals surface area contributed by atoms with Crippen molar-refractivity contribution in [1.82, 2.24) is 9.21 Å². The van der Waals surface area contributed by atoms with E-state index in [4.69, 9.17) is 5.26 Å². The molecule has 0 radical (unpaired) electrons. The molecular weight excluding hydrogens is 388 g/mol. The van der Waals surface area contributed by atoms with Gasteiger partial charge in [0.25, 0.3) is 0 Å². The first-order valence-corrected chi connectivity index (χ1v) is 10.9. The van der Waals surface area contributed by atoms with Crippen molar-refractivity contribution in [1.29, 1.82) is 5.26 Å². The van der Waals surface area contributed by atoms with Crippen LogP contribution in [0.4, 0.5) is 5.69 Å². The first kappa shape index (κ1) is 21.0. The highest BCUT2D eigenvalue weighted by Crippen LogP contribution is 2.20. The van der Waals surface area contributed by atoms with Crippen LogP contribution >= 0.6 is 0 Å². The normalized spacial score (nSPS) is 16.0. The minimum atomic E-state index is -3.58. The molecule has 2 aromatic carbocycles. The van der Waals surface area contributed by atoms with Gasteiger partial charge in [0.2, 0.25) is 15.9 Å². The summed E-state index contributed by atoms with van der Waals surface area (Å²) in [6, 6.07) is 15.8. The summed E-state index contributed by atoms with van der Waals surface area (Å²) in [6.45, 7) is 4.49. The van der Waals surface area contributed by atoms with Gasteiger partial charge in [-0.2, -0.15) is 9.57 Å². The van der Waals surface area contributed by atoms with Crippen LogP contribution in [0.25, 0.3) is 0 Å². The van der Waals surface area contributed by atoms with E-state index in [1.54, 1.807) is 24.3 Å². The molecule has 0 spiro atoms. The standard InChI is InChI=1S/C21H24N4O3S/c1-17(26)23-20-7-9-21(10-8-20)29(27,28)25-12-2-11-24(13-14-25)16-19-5-3-18(15-22)4-6-19/h3-10H,2,11-14,16H2,1H3,(H,23,26). The maximum absolute atomic E-state index is 13.0. The fourth-order valence-electron chi connectivity index (χ4n) is 3.35. The molecule has 152 valence electrons. The van der Waals surface area contributed by atoms with Crippen molar-refractivity contribution in [3.05, 3.63) is 59.7 Å². The number of nitrogens with one attached hydrogen (secondary N) is 1. The Bertz CT molecular complexity index is 996. The van der Waals surface area contributed by atoms with Crippen LogP contribution in [0.5, 0.6) is 0 Å². The number of rotatable bonds is 5. The SMILES string of the molecule is CC(=O)Nc1ccc(S(=O)(=O)N2CCCN(Cc3ccc(C#N)cc3)CC2)cc1. The van der Waals surface area contributed by atoms with Gasteiger partial charge in [-0.25, -0.2) is 8.42 Å². The summed E-state index contributed by atoms with van der Waals surface area (Å²) in [5.41, 5.74) is 2.31. The summed E-state index contributed by atoms with van der Waals surface area (Å²) in [7, 11) is -3.58. The number of nitrogens with zero attached hydrogens (tertiary/aromatic N) is 3. The summed E-state index contributed by atoms with van der Waals surface area (Å²) in [6.07, 6.45) is 0.749. The lowest BCUT2D eigenvalue weighted by atomic mass is 10.1. The summed E-state index contributed by atoms with van der Waals surface area (Å²) in [5.74, 6) is -0.199. The number of sulfonamides is 1. The smallest absolute Gasteiger partial charge is 0.243 e. The Balaban J connectivity index is 1.64. The maximum atomic E-state index is 13.0. The second-order valence-corrected chi connectivity index (χ2v) is 8.99. The van der Waals surface area contributed by atoms with E-state index in [-0.39, 0.29) is 10.8 Å². The van der Waals surface area contributed by atoms with Crippen molar-refractivity contribution in [3.8, 4) is 6.07 Å².